The molecule has 1 aliphatic heterocycles. The van der Waals surface area contributed by atoms with Crippen molar-refractivity contribution in [3.63, 3.8) is 0 Å². The Morgan fingerprint density at radius 3 is 2.27 bits per heavy atom. The minimum atomic E-state index is 0.451. The van der Waals surface area contributed by atoms with Crippen LogP contribution in [0.4, 0.5) is 0 Å². The highest BCUT2D eigenvalue weighted by Gasteiger charge is 2.56. The second kappa shape index (κ2) is 2.17. The molecule has 64 valence electrons. The van der Waals surface area contributed by atoms with Crippen LogP contribution in [-0.2, 0) is 0 Å². The van der Waals surface area contributed by atoms with Crippen LogP contribution in [0, 0.1) is 5.41 Å². The number of nitrogens with one attached hydrogen (secondary N) is 1. The van der Waals surface area contributed by atoms with Gasteiger partial charge in [-0.2, -0.15) is 0 Å². The summed E-state index contributed by atoms with van der Waals surface area (Å²) in [5, 5.41) is 4.49. The molecule has 0 amide bonds. The molecule has 11 heavy (non-hydrogen) atoms. The van der Waals surface area contributed by atoms with Gasteiger partial charge in [0.05, 0.1) is 4.87 Å². The van der Waals surface area contributed by atoms with Crippen molar-refractivity contribution in [1.29, 1.82) is 0 Å². The van der Waals surface area contributed by atoms with Crippen LogP contribution in [-0.4, -0.2) is 16.7 Å². The first-order valence-electron chi connectivity index (χ1n) is 4.49. The molecule has 1 heterocycles. The third kappa shape index (κ3) is 0.955. The van der Waals surface area contributed by atoms with Gasteiger partial charge in [0.25, 0.3) is 0 Å². The Morgan fingerprint density at radius 1 is 1.36 bits per heavy atom. The van der Waals surface area contributed by atoms with E-state index >= 15 is 0 Å². The quantitative estimate of drug-likeness (QED) is 0.600. The van der Waals surface area contributed by atoms with Crippen LogP contribution in [0.1, 0.15) is 33.6 Å². The zero-order chi connectivity index (χ0) is 8.11. The Morgan fingerprint density at radius 2 is 2.09 bits per heavy atom. The van der Waals surface area contributed by atoms with E-state index in [4.69, 9.17) is 0 Å². The van der Waals surface area contributed by atoms with Gasteiger partial charge in [-0.1, -0.05) is 20.8 Å². The summed E-state index contributed by atoms with van der Waals surface area (Å²) in [4.78, 5) is 0.451. The van der Waals surface area contributed by atoms with Crippen molar-refractivity contribution in [2.24, 2.45) is 5.41 Å². The molecule has 0 aromatic rings. The molecule has 2 heteroatoms. The van der Waals surface area contributed by atoms with Gasteiger partial charge in [-0.15, -0.1) is 11.8 Å². The third-order valence-electron chi connectivity index (χ3n) is 3.27. The summed E-state index contributed by atoms with van der Waals surface area (Å²) < 4.78 is 0. The molecule has 2 unspecified atom stereocenters. The van der Waals surface area contributed by atoms with Crippen LogP contribution in [0.15, 0.2) is 0 Å². The van der Waals surface area contributed by atoms with Crippen molar-refractivity contribution in [3.8, 4) is 0 Å². The maximum atomic E-state index is 3.67. The highest BCUT2D eigenvalue weighted by molar-refractivity contribution is 8.01. The molecular formula is C9H17NS. The van der Waals surface area contributed by atoms with Crippen LogP contribution in [0.25, 0.3) is 0 Å². The molecule has 0 bridgehead atoms. The number of hydrogen-bond donors (Lipinski definition) is 1. The molecule has 0 aromatic heterocycles. The van der Waals surface area contributed by atoms with Crippen molar-refractivity contribution in [2.75, 3.05) is 6.54 Å². The monoisotopic (exact) mass is 171 g/mol. The Labute approximate surface area is 73.3 Å². The van der Waals surface area contributed by atoms with E-state index in [1.54, 1.807) is 0 Å². The normalized spacial score (nSPS) is 47.7. The van der Waals surface area contributed by atoms with Gasteiger partial charge in [0.2, 0.25) is 0 Å². The summed E-state index contributed by atoms with van der Waals surface area (Å²) in [5.41, 5.74) is 0.530. The summed E-state index contributed by atoms with van der Waals surface area (Å²) in [6.07, 6.45) is 2.76. The summed E-state index contributed by atoms with van der Waals surface area (Å²) in [6.45, 7) is 8.29. The fourth-order valence-electron chi connectivity index (χ4n) is 2.13. The first kappa shape index (κ1) is 7.93. The average molecular weight is 171 g/mol. The standard InChI is InChI=1S/C9H17NS/c1-7-6-10-9(11-7)5-4-8(9,2)3/h7,10H,4-6H2,1-3H3. The molecule has 1 aliphatic carbocycles. The summed E-state index contributed by atoms with van der Waals surface area (Å²) in [6, 6.07) is 0. The molecule has 2 rings (SSSR count). The molecule has 1 saturated carbocycles. The van der Waals surface area contributed by atoms with Crippen LogP contribution >= 0.6 is 11.8 Å². The topological polar surface area (TPSA) is 12.0 Å². The summed E-state index contributed by atoms with van der Waals surface area (Å²) in [7, 11) is 0. The summed E-state index contributed by atoms with van der Waals surface area (Å²) >= 11 is 2.15. The second-order valence-electron chi connectivity index (χ2n) is 4.52. The molecule has 1 spiro atoms. The van der Waals surface area contributed by atoms with Gasteiger partial charge < -0.3 is 5.32 Å². The Balaban J connectivity index is 2.13. The maximum Gasteiger partial charge on any atom is 0.0700 e. The van der Waals surface area contributed by atoms with E-state index in [0.29, 0.717) is 10.3 Å². The second-order valence-corrected chi connectivity index (χ2v) is 6.26. The molecule has 0 radical (unpaired) electrons. The van der Waals surface area contributed by atoms with Crippen LogP contribution in [0.3, 0.4) is 0 Å². The Bertz CT molecular complexity index is 178. The van der Waals surface area contributed by atoms with E-state index < -0.39 is 0 Å². The molecule has 1 N–H and O–H groups in total. The zero-order valence-corrected chi connectivity index (χ0v) is 8.42. The number of thioether (sulfide) groups is 1. The van der Waals surface area contributed by atoms with Crippen molar-refractivity contribution >= 4 is 11.8 Å². The minimum Gasteiger partial charge on any atom is -0.301 e. The lowest BCUT2D eigenvalue weighted by Crippen LogP contribution is -2.57. The van der Waals surface area contributed by atoms with Gasteiger partial charge in [-0.25, -0.2) is 0 Å². The Hall–Kier alpha value is 0.310. The lowest BCUT2D eigenvalue weighted by molar-refractivity contribution is 0.0869. The zero-order valence-electron chi connectivity index (χ0n) is 7.61. The fraction of sp³-hybridized carbons (Fsp3) is 1.00. The maximum absolute atomic E-state index is 3.67. The third-order valence-corrected chi connectivity index (χ3v) is 5.15. The van der Waals surface area contributed by atoms with Crippen LogP contribution < -0.4 is 5.32 Å². The van der Waals surface area contributed by atoms with E-state index in [-0.39, 0.29) is 0 Å². The highest BCUT2D eigenvalue weighted by atomic mass is 32.2. The van der Waals surface area contributed by atoms with E-state index in [0.717, 1.165) is 5.25 Å². The van der Waals surface area contributed by atoms with Gasteiger partial charge in [0.1, 0.15) is 0 Å². The molecule has 2 atom stereocenters. The van der Waals surface area contributed by atoms with Gasteiger partial charge in [0, 0.05) is 11.8 Å². The number of hydrogen-bond acceptors (Lipinski definition) is 2. The molecule has 1 nitrogen and oxygen atoms in total. The molecule has 1 saturated heterocycles. The fourth-order valence-corrected chi connectivity index (χ4v) is 3.79. The van der Waals surface area contributed by atoms with E-state index in [2.05, 4.69) is 37.8 Å². The van der Waals surface area contributed by atoms with Crippen molar-refractivity contribution in [1.82, 2.24) is 5.32 Å². The molecule has 2 aliphatic rings. The molecule has 0 aromatic carbocycles. The van der Waals surface area contributed by atoms with Gasteiger partial charge in [-0.05, 0) is 18.3 Å². The van der Waals surface area contributed by atoms with E-state index in [1.807, 2.05) is 0 Å². The van der Waals surface area contributed by atoms with Crippen molar-refractivity contribution in [3.05, 3.63) is 0 Å². The lowest BCUT2D eigenvalue weighted by Gasteiger charge is -2.53. The molecular weight excluding hydrogens is 154 g/mol. The SMILES string of the molecule is CC1CNC2(CCC2(C)C)S1. The smallest absolute Gasteiger partial charge is 0.0700 e. The molecule has 2 fully saturated rings. The predicted molar refractivity (Wildman–Crippen MR) is 50.8 cm³/mol. The van der Waals surface area contributed by atoms with Crippen molar-refractivity contribution < 1.29 is 0 Å². The Kier molecular flexibility index (Phi) is 1.56. The minimum absolute atomic E-state index is 0.451. The van der Waals surface area contributed by atoms with Gasteiger partial charge in [0.15, 0.2) is 0 Å². The van der Waals surface area contributed by atoms with Gasteiger partial charge in [-0.3, -0.25) is 0 Å². The first-order valence-corrected chi connectivity index (χ1v) is 5.37. The largest absolute Gasteiger partial charge is 0.301 e. The van der Waals surface area contributed by atoms with E-state index in [1.165, 1.54) is 19.4 Å². The predicted octanol–water partition coefficient (Wildman–Crippen LogP) is 2.23. The highest BCUT2D eigenvalue weighted by Crippen LogP contribution is 2.58. The first-order chi connectivity index (χ1) is 5.06. The lowest BCUT2D eigenvalue weighted by atomic mass is 9.66. The van der Waals surface area contributed by atoms with Crippen LogP contribution in [0.2, 0.25) is 0 Å². The van der Waals surface area contributed by atoms with E-state index in [9.17, 15) is 0 Å². The summed E-state index contributed by atoms with van der Waals surface area (Å²) in [5.74, 6) is 0. The van der Waals surface area contributed by atoms with Crippen LogP contribution in [0.5, 0.6) is 0 Å². The van der Waals surface area contributed by atoms with Gasteiger partial charge >= 0.3 is 0 Å². The number of rotatable bonds is 0. The average Bonchev–Trinajstić information content (AvgIpc) is 2.32. The van der Waals surface area contributed by atoms with Crippen molar-refractivity contribution in [2.45, 2.75) is 43.7 Å².